The van der Waals surface area contributed by atoms with Crippen LogP contribution in [-0.4, -0.2) is 23.5 Å². The number of nitrogens with one attached hydrogen (secondary N) is 1. The molecule has 0 aliphatic rings. The van der Waals surface area contributed by atoms with Crippen molar-refractivity contribution in [2.75, 3.05) is 11.9 Å². The lowest BCUT2D eigenvalue weighted by atomic mass is 10.1. The zero-order chi connectivity index (χ0) is 16.8. The van der Waals surface area contributed by atoms with Gasteiger partial charge in [0, 0.05) is 11.1 Å². The summed E-state index contributed by atoms with van der Waals surface area (Å²) in [5.74, 6) is -0.581. The summed E-state index contributed by atoms with van der Waals surface area (Å²) in [6.45, 7) is 3.71. The van der Waals surface area contributed by atoms with Crippen LogP contribution in [0.15, 0.2) is 24.4 Å². The normalized spacial score (nSPS) is 10.4. The van der Waals surface area contributed by atoms with Gasteiger partial charge < -0.3 is 10.1 Å². The number of carbonyl (C=O) groups excluding carboxylic acids is 2. The van der Waals surface area contributed by atoms with Crippen molar-refractivity contribution in [1.29, 1.82) is 0 Å². The Morgan fingerprint density at radius 2 is 2.17 bits per heavy atom. The summed E-state index contributed by atoms with van der Waals surface area (Å²) in [6, 6.07) is 5.02. The molecular weight excluding hydrogens is 336 g/mol. The highest BCUT2D eigenvalue weighted by molar-refractivity contribution is 7.14. The molecule has 0 saturated heterocycles. The van der Waals surface area contributed by atoms with Gasteiger partial charge in [0.1, 0.15) is 10.7 Å². The molecule has 2 heterocycles. The molecule has 2 aromatic rings. The molecule has 1 amide bonds. The highest BCUT2D eigenvalue weighted by atomic mass is 35.5. The standard InChI is InChI=1S/C16H17ClN2O3S/c1-3-4-11-7-13(23-10(11)2)16(21)22-9-15(20)19-14-6-5-12(17)8-18-14/h5-8H,3-4,9H2,1-2H3,(H,18,19,20). The maximum Gasteiger partial charge on any atom is 0.348 e. The minimum absolute atomic E-state index is 0.354. The average Bonchev–Trinajstić information content (AvgIpc) is 2.89. The number of amides is 1. The predicted octanol–water partition coefficient (Wildman–Crippen LogP) is 3.85. The second kappa shape index (κ2) is 8.08. The number of rotatable bonds is 6. The Labute approximate surface area is 143 Å². The molecule has 0 unspecified atom stereocenters. The number of halogens is 1. The van der Waals surface area contributed by atoms with Crippen LogP contribution in [-0.2, 0) is 16.0 Å². The summed E-state index contributed by atoms with van der Waals surface area (Å²) in [4.78, 5) is 29.3. The molecule has 0 spiro atoms. The summed E-state index contributed by atoms with van der Waals surface area (Å²) in [7, 11) is 0. The number of anilines is 1. The van der Waals surface area contributed by atoms with Crippen molar-refractivity contribution in [1.82, 2.24) is 4.98 Å². The minimum Gasteiger partial charge on any atom is -0.451 e. The van der Waals surface area contributed by atoms with Crippen molar-refractivity contribution < 1.29 is 14.3 Å². The maximum absolute atomic E-state index is 12.0. The Kier molecular flexibility index (Phi) is 6.12. The van der Waals surface area contributed by atoms with Gasteiger partial charge in [-0.15, -0.1) is 11.3 Å². The summed E-state index contributed by atoms with van der Waals surface area (Å²) >= 11 is 7.10. The Bertz CT molecular complexity index is 698. The molecular formula is C16H17ClN2O3S. The summed E-state index contributed by atoms with van der Waals surface area (Å²) in [5, 5.41) is 3.01. The number of hydrogen-bond acceptors (Lipinski definition) is 5. The lowest BCUT2D eigenvalue weighted by molar-refractivity contribution is -0.119. The number of aryl methyl sites for hydroxylation is 2. The zero-order valence-electron chi connectivity index (χ0n) is 12.9. The van der Waals surface area contributed by atoms with E-state index < -0.39 is 11.9 Å². The van der Waals surface area contributed by atoms with E-state index in [-0.39, 0.29) is 6.61 Å². The Morgan fingerprint density at radius 3 is 2.83 bits per heavy atom. The van der Waals surface area contributed by atoms with Crippen molar-refractivity contribution in [3.63, 3.8) is 0 Å². The average molecular weight is 353 g/mol. The smallest absolute Gasteiger partial charge is 0.348 e. The summed E-state index contributed by atoms with van der Waals surface area (Å²) in [6.07, 6.45) is 3.37. The van der Waals surface area contributed by atoms with Crippen LogP contribution in [0.25, 0.3) is 0 Å². The minimum atomic E-state index is -0.486. The number of aromatic nitrogens is 1. The predicted molar refractivity (Wildman–Crippen MR) is 91.2 cm³/mol. The van der Waals surface area contributed by atoms with Gasteiger partial charge in [-0.3, -0.25) is 4.79 Å². The number of hydrogen-bond donors (Lipinski definition) is 1. The molecule has 122 valence electrons. The van der Waals surface area contributed by atoms with E-state index in [1.165, 1.54) is 17.5 Å². The lowest BCUT2D eigenvalue weighted by Crippen LogP contribution is -2.21. The van der Waals surface area contributed by atoms with Crippen molar-refractivity contribution in [3.8, 4) is 0 Å². The monoisotopic (exact) mass is 352 g/mol. The first-order valence-corrected chi connectivity index (χ1v) is 8.37. The molecule has 0 aliphatic heterocycles. The molecule has 2 aromatic heterocycles. The van der Waals surface area contributed by atoms with Crippen molar-refractivity contribution in [2.24, 2.45) is 0 Å². The Morgan fingerprint density at radius 1 is 1.39 bits per heavy atom. The second-order valence-corrected chi connectivity index (χ2v) is 6.62. The molecule has 0 aliphatic carbocycles. The van der Waals surface area contributed by atoms with Crippen LogP contribution in [0.2, 0.25) is 5.02 Å². The number of ether oxygens (including phenoxy) is 1. The number of thiophene rings is 1. The van der Waals surface area contributed by atoms with E-state index in [9.17, 15) is 9.59 Å². The van der Waals surface area contributed by atoms with Gasteiger partial charge >= 0.3 is 5.97 Å². The van der Waals surface area contributed by atoms with Crippen LogP contribution in [0.1, 0.15) is 33.5 Å². The summed E-state index contributed by atoms with van der Waals surface area (Å²) in [5.41, 5.74) is 1.15. The van der Waals surface area contributed by atoms with E-state index in [4.69, 9.17) is 16.3 Å². The van der Waals surface area contributed by atoms with E-state index in [0.717, 1.165) is 23.3 Å². The van der Waals surface area contributed by atoms with Gasteiger partial charge in [-0.2, -0.15) is 0 Å². The highest BCUT2D eigenvalue weighted by Gasteiger charge is 2.15. The molecule has 2 rings (SSSR count). The maximum atomic E-state index is 12.0. The number of carbonyl (C=O) groups is 2. The van der Waals surface area contributed by atoms with Gasteiger partial charge in [-0.25, -0.2) is 9.78 Å². The van der Waals surface area contributed by atoms with E-state index in [1.54, 1.807) is 12.1 Å². The third-order valence-corrected chi connectivity index (χ3v) is 4.37. The van der Waals surface area contributed by atoms with Crippen molar-refractivity contribution >= 4 is 40.6 Å². The molecule has 1 N–H and O–H groups in total. The van der Waals surface area contributed by atoms with Crippen molar-refractivity contribution in [2.45, 2.75) is 26.7 Å². The van der Waals surface area contributed by atoms with Crippen LogP contribution >= 0.6 is 22.9 Å². The zero-order valence-corrected chi connectivity index (χ0v) is 14.5. The Balaban J connectivity index is 1.87. The van der Waals surface area contributed by atoms with Gasteiger partial charge in [-0.05, 0) is 37.1 Å². The molecule has 0 atom stereocenters. The van der Waals surface area contributed by atoms with Gasteiger partial charge in [0.05, 0.1) is 5.02 Å². The molecule has 7 heteroatoms. The largest absolute Gasteiger partial charge is 0.451 e. The van der Waals surface area contributed by atoms with Crippen LogP contribution in [0.5, 0.6) is 0 Å². The van der Waals surface area contributed by atoms with Gasteiger partial charge in [0.25, 0.3) is 5.91 Å². The molecule has 0 saturated carbocycles. The summed E-state index contributed by atoms with van der Waals surface area (Å²) < 4.78 is 5.04. The van der Waals surface area contributed by atoms with Gasteiger partial charge in [0.2, 0.25) is 0 Å². The lowest BCUT2D eigenvalue weighted by Gasteiger charge is -2.05. The topological polar surface area (TPSA) is 68.3 Å². The fourth-order valence-electron chi connectivity index (χ4n) is 1.97. The highest BCUT2D eigenvalue weighted by Crippen LogP contribution is 2.23. The van der Waals surface area contributed by atoms with Gasteiger partial charge in [-0.1, -0.05) is 24.9 Å². The van der Waals surface area contributed by atoms with Crippen LogP contribution in [0.4, 0.5) is 5.82 Å². The molecule has 5 nitrogen and oxygen atoms in total. The molecule has 0 bridgehead atoms. The Hall–Kier alpha value is -1.92. The molecule has 0 fully saturated rings. The quantitative estimate of drug-likeness (QED) is 0.802. The van der Waals surface area contributed by atoms with E-state index >= 15 is 0 Å². The third kappa shape index (κ3) is 5.04. The first kappa shape index (κ1) is 17.4. The van der Waals surface area contributed by atoms with Crippen LogP contribution < -0.4 is 5.32 Å². The second-order valence-electron chi connectivity index (χ2n) is 4.93. The number of pyridine rings is 1. The first-order valence-electron chi connectivity index (χ1n) is 7.17. The first-order chi connectivity index (χ1) is 11.0. The third-order valence-electron chi connectivity index (χ3n) is 3.07. The molecule has 23 heavy (non-hydrogen) atoms. The van der Waals surface area contributed by atoms with E-state index in [2.05, 4.69) is 17.2 Å². The van der Waals surface area contributed by atoms with Crippen molar-refractivity contribution in [3.05, 3.63) is 44.7 Å². The van der Waals surface area contributed by atoms with E-state index in [0.29, 0.717) is 15.7 Å². The van der Waals surface area contributed by atoms with Crippen LogP contribution in [0, 0.1) is 6.92 Å². The molecule has 0 aromatic carbocycles. The van der Waals surface area contributed by atoms with E-state index in [1.807, 2.05) is 13.0 Å². The SMILES string of the molecule is CCCc1cc(C(=O)OCC(=O)Nc2ccc(Cl)cn2)sc1C. The number of esters is 1. The van der Waals surface area contributed by atoms with Crippen LogP contribution in [0.3, 0.4) is 0 Å². The fraction of sp³-hybridized carbons (Fsp3) is 0.312. The van der Waals surface area contributed by atoms with Gasteiger partial charge in [0.15, 0.2) is 6.61 Å². The molecule has 0 radical (unpaired) electrons. The fourth-order valence-corrected chi connectivity index (χ4v) is 3.05. The number of nitrogens with zero attached hydrogens (tertiary/aromatic N) is 1.